The number of carbonyl (C=O) groups is 1. The number of halogens is 2. The van der Waals surface area contributed by atoms with Gasteiger partial charge in [-0.2, -0.15) is 0 Å². The van der Waals surface area contributed by atoms with Crippen molar-refractivity contribution in [1.29, 1.82) is 0 Å². The van der Waals surface area contributed by atoms with Crippen LogP contribution in [-0.4, -0.2) is 34.3 Å². The van der Waals surface area contributed by atoms with E-state index in [9.17, 15) is 18.7 Å². The minimum Gasteiger partial charge on any atom is -0.390 e. The van der Waals surface area contributed by atoms with Gasteiger partial charge in [0.2, 0.25) is 0 Å². The Bertz CT molecular complexity index is 1360. The van der Waals surface area contributed by atoms with Crippen LogP contribution in [0.15, 0.2) is 66.0 Å². The smallest absolute Gasteiger partial charge is 0.254 e. The highest BCUT2D eigenvalue weighted by Crippen LogP contribution is 2.26. The molecule has 8 heteroatoms. The Morgan fingerprint density at radius 1 is 0.974 bits per heavy atom. The first-order valence-electron chi connectivity index (χ1n) is 12.7. The van der Waals surface area contributed by atoms with Crippen LogP contribution in [-0.2, 0) is 19.4 Å². The van der Waals surface area contributed by atoms with E-state index in [0.29, 0.717) is 17.7 Å². The maximum atomic E-state index is 13.9. The summed E-state index contributed by atoms with van der Waals surface area (Å²) >= 11 is 1.45. The summed E-state index contributed by atoms with van der Waals surface area (Å²) in [5.41, 5.74) is 5.14. The molecule has 0 fully saturated rings. The van der Waals surface area contributed by atoms with E-state index in [1.807, 2.05) is 48.1 Å². The molecule has 2 aromatic carbocycles. The van der Waals surface area contributed by atoms with Crippen molar-refractivity contribution in [1.82, 2.24) is 15.2 Å². The molecule has 4 aromatic rings. The second kappa shape index (κ2) is 12.5. The van der Waals surface area contributed by atoms with Gasteiger partial charge in [-0.25, -0.2) is 8.78 Å². The van der Waals surface area contributed by atoms with Gasteiger partial charge in [0, 0.05) is 30.5 Å². The van der Waals surface area contributed by atoms with Crippen LogP contribution < -0.4 is 10.6 Å². The Hall–Kier alpha value is -3.33. The molecule has 0 spiro atoms. The molecule has 2 unspecified atom stereocenters. The van der Waals surface area contributed by atoms with E-state index in [-0.39, 0.29) is 18.9 Å². The lowest BCUT2D eigenvalue weighted by molar-refractivity contribution is 0.0830. The molecule has 0 radical (unpaired) electrons. The average Bonchev–Trinajstić information content (AvgIpc) is 3.48. The van der Waals surface area contributed by atoms with E-state index < -0.39 is 23.8 Å². The molecule has 0 aliphatic heterocycles. The predicted octanol–water partition coefficient (Wildman–Crippen LogP) is 5.49. The van der Waals surface area contributed by atoms with E-state index in [0.717, 1.165) is 34.4 Å². The van der Waals surface area contributed by atoms with E-state index in [1.54, 1.807) is 6.07 Å². The number of nitrogens with one attached hydrogen (secondary N) is 2. The average molecular weight is 538 g/mol. The highest BCUT2D eigenvalue weighted by atomic mass is 32.1. The van der Waals surface area contributed by atoms with Gasteiger partial charge in [0.15, 0.2) is 0 Å². The third kappa shape index (κ3) is 6.75. The normalized spacial score (nSPS) is 12.9. The standard InChI is InChI=1S/C30H33F2N3O2S/c1-4-21-6-5-7-22(12-21)17-33-18-28(36)27(15-23-13-24(31)16-25(32)14-23)34-29(37)26-10-11-38-30(26)35-19(2)8-9-20(35)3/h5-14,16,27-28,33,36H,4,15,17-18H2,1-3H3,(H,34,37). The topological polar surface area (TPSA) is 66.3 Å². The van der Waals surface area contributed by atoms with Gasteiger partial charge in [-0.15, -0.1) is 11.3 Å². The third-order valence-electron chi connectivity index (χ3n) is 6.60. The molecule has 4 rings (SSSR count). The Kier molecular flexibility index (Phi) is 9.09. The molecule has 0 aliphatic rings. The molecule has 1 amide bonds. The van der Waals surface area contributed by atoms with Gasteiger partial charge < -0.3 is 20.3 Å². The van der Waals surface area contributed by atoms with Gasteiger partial charge in [0.25, 0.3) is 5.91 Å². The van der Waals surface area contributed by atoms with Crippen LogP contribution in [0.25, 0.3) is 5.00 Å². The van der Waals surface area contributed by atoms with Crippen LogP contribution in [0, 0.1) is 25.5 Å². The van der Waals surface area contributed by atoms with E-state index in [4.69, 9.17) is 0 Å². The maximum absolute atomic E-state index is 13.9. The molecule has 200 valence electrons. The summed E-state index contributed by atoms with van der Waals surface area (Å²) in [7, 11) is 0. The fourth-order valence-corrected chi connectivity index (χ4v) is 5.63. The second-order valence-corrected chi connectivity index (χ2v) is 10.4. The van der Waals surface area contributed by atoms with Gasteiger partial charge in [0.05, 0.1) is 17.7 Å². The van der Waals surface area contributed by atoms with E-state index >= 15 is 0 Å². The lowest BCUT2D eigenvalue weighted by Gasteiger charge is -2.25. The first-order chi connectivity index (χ1) is 18.2. The molecule has 0 bridgehead atoms. The van der Waals surface area contributed by atoms with Crippen molar-refractivity contribution in [2.45, 2.75) is 52.3 Å². The molecule has 38 heavy (non-hydrogen) atoms. The SMILES string of the molecule is CCc1cccc(CNCC(O)C(Cc2cc(F)cc(F)c2)NC(=O)c2ccsc2-n2c(C)ccc2C)c1. The second-order valence-electron chi connectivity index (χ2n) is 9.52. The van der Waals surface area contributed by atoms with Gasteiger partial charge in [0.1, 0.15) is 16.6 Å². The number of benzene rings is 2. The summed E-state index contributed by atoms with van der Waals surface area (Å²) in [5.74, 6) is -1.76. The first kappa shape index (κ1) is 27.7. The molecular formula is C30H33F2N3O2S. The third-order valence-corrected chi connectivity index (χ3v) is 7.50. The van der Waals surface area contributed by atoms with Crippen LogP contribution in [0.1, 0.15) is 45.4 Å². The number of thiophene rings is 1. The van der Waals surface area contributed by atoms with E-state index in [2.05, 4.69) is 29.7 Å². The quantitative estimate of drug-likeness (QED) is 0.237. The summed E-state index contributed by atoms with van der Waals surface area (Å²) in [6.45, 7) is 6.77. The van der Waals surface area contributed by atoms with Gasteiger partial charge in [-0.05, 0) is 79.1 Å². The van der Waals surface area contributed by atoms with Crippen LogP contribution in [0.3, 0.4) is 0 Å². The Morgan fingerprint density at radius 2 is 1.66 bits per heavy atom. The summed E-state index contributed by atoms with van der Waals surface area (Å²) in [5, 5.41) is 19.9. The zero-order valence-electron chi connectivity index (χ0n) is 21.8. The Labute approximate surface area is 226 Å². The van der Waals surface area contributed by atoms with Gasteiger partial charge in [-0.3, -0.25) is 4.79 Å². The number of nitrogens with zero attached hydrogens (tertiary/aromatic N) is 1. The van der Waals surface area contributed by atoms with Crippen LogP contribution in [0.5, 0.6) is 0 Å². The van der Waals surface area contributed by atoms with Crippen molar-refractivity contribution in [3.05, 3.63) is 111 Å². The number of hydrogen-bond donors (Lipinski definition) is 3. The lowest BCUT2D eigenvalue weighted by atomic mass is 10.00. The monoisotopic (exact) mass is 537 g/mol. The van der Waals surface area contributed by atoms with Crippen molar-refractivity contribution >= 4 is 17.2 Å². The molecule has 0 saturated carbocycles. The van der Waals surface area contributed by atoms with Crippen LogP contribution in [0.2, 0.25) is 0 Å². The number of carbonyl (C=O) groups excluding carboxylic acids is 1. The zero-order chi connectivity index (χ0) is 27.2. The summed E-state index contributed by atoms with van der Waals surface area (Å²) in [6, 6.07) is 16.4. The van der Waals surface area contributed by atoms with Gasteiger partial charge >= 0.3 is 0 Å². The molecule has 0 saturated heterocycles. The summed E-state index contributed by atoms with van der Waals surface area (Å²) < 4.78 is 29.8. The molecular weight excluding hydrogens is 504 g/mol. The number of aliphatic hydroxyl groups excluding tert-OH is 1. The first-order valence-corrected chi connectivity index (χ1v) is 13.6. The minimum absolute atomic E-state index is 0.0651. The van der Waals surface area contributed by atoms with Crippen molar-refractivity contribution in [2.24, 2.45) is 0 Å². The van der Waals surface area contributed by atoms with Crippen LogP contribution >= 0.6 is 11.3 Å². The molecule has 5 nitrogen and oxygen atoms in total. The highest BCUT2D eigenvalue weighted by molar-refractivity contribution is 7.13. The molecule has 2 aromatic heterocycles. The maximum Gasteiger partial charge on any atom is 0.254 e. The number of hydrogen-bond acceptors (Lipinski definition) is 4. The molecule has 0 aliphatic carbocycles. The van der Waals surface area contributed by atoms with Gasteiger partial charge in [-0.1, -0.05) is 31.2 Å². The van der Waals surface area contributed by atoms with Crippen molar-refractivity contribution < 1.29 is 18.7 Å². The van der Waals surface area contributed by atoms with Crippen LogP contribution in [0.4, 0.5) is 8.78 Å². The fourth-order valence-electron chi connectivity index (χ4n) is 4.61. The number of aliphatic hydroxyl groups is 1. The number of rotatable bonds is 11. The summed E-state index contributed by atoms with van der Waals surface area (Å²) in [6.07, 6.45) is -0.00594. The molecule has 3 N–H and O–H groups in total. The molecule has 2 atom stereocenters. The zero-order valence-corrected chi connectivity index (χ0v) is 22.6. The van der Waals surface area contributed by atoms with E-state index in [1.165, 1.54) is 29.0 Å². The highest BCUT2D eigenvalue weighted by Gasteiger charge is 2.25. The summed E-state index contributed by atoms with van der Waals surface area (Å²) in [4.78, 5) is 13.5. The Balaban J connectivity index is 1.52. The number of aryl methyl sites for hydroxylation is 3. The lowest BCUT2D eigenvalue weighted by Crippen LogP contribution is -2.48. The number of amides is 1. The van der Waals surface area contributed by atoms with Crippen molar-refractivity contribution in [3.8, 4) is 5.00 Å². The number of aromatic nitrogens is 1. The predicted molar refractivity (Wildman–Crippen MR) is 148 cm³/mol. The van der Waals surface area contributed by atoms with Crippen molar-refractivity contribution in [2.75, 3.05) is 6.54 Å². The molecule has 2 heterocycles. The fraction of sp³-hybridized carbons (Fsp3) is 0.300. The minimum atomic E-state index is -1.00. The Morgan fingerprint density at radius 3 is 2.34 bits per heavy atom. The van der Waals surface area contributed by atoms with Crippen molar-refractivity contribution in [3.63, 3.8) is 0 Å². The largest absolute Gasteiger partial charge is 0.390 e.